The Bertz CT molecular complexity index is 1230. The van der Waals surface area contributed by atoms with Gasteiger partial charge in [0.15, 0.2) is 11.5 Å². The molecule has 0 aliphatic carbocycles. The van der Waals surface area contributed by atoms with Crippen LogP contribution in [-0.2, 0) is 11.2 Å². The van der Waals surface area contributed by atoms with Crippen LogP contribution in [0.5, 0.6) is 11.5 Å². The highest BCUT2D eigenvalue weighted by Gasteiger charge is 2.50. The zero-order valence-corrected chi connectivity index (χ0v) is 19.6. The molecule has 2 aliphatic rings. The molecular weight excluding hydrogens is 452 g/mol. The molecule has 0 unspecified atom stereocenters. The zero-order valence-electron chi connectivity index (χ0n) is 19.6. The second-order valence-corrected chi connectivity index (χ2v) is 8.85. The molecule has 2 saturated heterocycles. The Kier molecular flexibility index (Phi) is 6.12. The SMILES string of the molecule is COc1ccc(-c2noc(C(=O)NCCc3ccc(C(=O)N4CC5(COC5)C4)cc3)n2)cc1OC. The maximum Gasteiger partial charge on any atom is 0.316 e. The summed E-state index contributed by atoms with van der Waals surface area (Å²) in [6.45, 7) is 3.42. The van der Waals surface area contributed by atoms with Crippen LogP contribution < -0.4 is 14.8 Å². The number of amides is 2. The minimum absolute atomic E-state index is 0.0454. The lowest BCUT2D eigenvalue weighted by Crippen LogP contribution is -2.67. The van der Waals surface area contributed by atoms with E-state index in [9.17, 15) is 9.59 Å². The molecule has 2 aliphatic heterocycles. The fourth-order valence-corrected chi connectivity index (χ4v) is 4.28. The average molecular weight is 479 g/mol. The Hall–Kier alpha value is -3.92. The van der Waals surface area contributed by atoms with E-state index in [4.69, 9.17) is 18.7 Å². The number of ether oxygens (including phenoxy) is 3. The summed E-state index contributed by atoms with van der Waals surface area (Å²) < 4.78 is 20.9. The molecule has 2 fully saturated rings. The van der Waals surface area contributed by atoms with E-state index in [0.717, 1.165) is 31.9 Å². The van der Waals surface area contributed by atoms with Gasteiger partial charge in [-0.2, -0.15) is 4.98 Å². The lowest BCUT2D eigenvalue weighted by Gasteiger charge is -2.54. The number of likely N-dealkylation sites (tertiary alicyclic amines) is 1. The molecular formula is C25H26N4O6. The van der Waals surface area contributed by atoms with Gasteiger partial charge in [0.1, 0.15) is 0 Å². The van der Waals surface area contributed by atoms with E-state index >= 15 is 0 Å². The lowest BCUT2D eigenvalue weighted by molar-refractivity contribution is -0.176. The predicted molar refractivity (Wildman–Crippen MR) is 124 cm³/mol. The number of carbonyl (C=O) groups excluding carboxylic acids is 2. The average Bonchev–Trinajstić information content (AvgIpc) is 3.32. The number of hydrogen-bond donors (Lipinski definition) is 1. The minimum Gasteiger partial charge on any atom is -0.493 e. The molecule has 0 bridgehead atoms. The highest BCUT2D eigenvalue weighted by atomic mass is 16.5. The predicted octanol–water partition coefficient (Wildman–Crippen LogP) is 2.20. The van der Waals surface area contributed by atoms with Crippen molar-refractivity contribution in [3.63, 3.8) is 0 Å². The van der Waals surface area contributed by atoms with Gasteiger partial charge in [-0.3, -0.25) is 9.59 Å². The van der Waals surface area contributed by atoms with Gasteiger partial charge in [0, 0.05) is 30.8 Å². The smallest absolute Gasteiger partial charge is 0.316 e. The molecule has 35 heavy (non-hydrogen) atoms. The van der Waals surface area contributed by atoms with Crippen LogP contribution in [-0.4, -0.2) is 73.9 Å². The standard InChI is InChI=1S/C25H26N4O6/c1-32-19-8-7-18(11-20(19)33-2)21-27-23(35-28-21)22(30)26-10-9-16-3-5-17(6-4-16)24(31)29-12-25(13-29)14-34-15-25/h3-8,11H,9-10,12-15H2,1-2H3,(H,26,30). The number of nitrogens with zero attached hydrogens (tertiary/aromatic N) is 3. The highest BCUT2D eigenvalue weighted by Crippen LogP contribution is 2.38. The molecule has 2 aromatic carbocycles. The third-order valence-electron chi connectivity index (χ3n) is 6.32. The van der Waals surface area contributed by atoms with Crippen LogP contribution in [0.3, 0.4) is 0 Å². The van der Waals surface area contributed by atoms with E-state index in [2.05, 4.69) is 15.5 Å². The van der Waals surface area contributed by atoms with Crippen molar-refractivity contribution in [2.75, 3.05) is 47.1 Å². The van der Waals surface area contributed by atoms with Crippen LogP contribution in [0.15, 0.2) is 47.0 Å². The van der Waals surface area contributed by atoms with E-state index in [1.807, 2.05) is 29.2 Å². The van der Waals surface area contributed by atoms with Gasteiger partial charge in [-0.15, -0.1) is 0 Å². The molecule has 1 spiro atoms. The van der Waals surface area contributed by atoms with Gasteiger partial charge in [0.05, 0.1) is 32.8 Å². The van der Waals surface area contributed by atoms with Crippen molar-refractivity contribution in [1.82, 2.24) is 20.4 Å². The Morgan fingerprint density at radius 3 is 2.46 bits per heavy atom. The first-order valence-corrected chi connectivity index (χ1v) is 11.3. The van der Waals surface area contributed by atoms with Crippen LogP contribution in [0.4, 0.5) is 0 Å². The number of carbonyl (C=O) groups is 2. The number of rotatable bonds is 8. The van der Waals surface area contributed by atoms with Gasteiger partial charge in [-0.25, -0.2) is 0 Å². The molecule has 3 heterocycles. The van der Waals surface area contributed by atoms with Gasteiger partial charge in [0.2, 0.25) is 5.82 Å². The van der Waals surface area contributed by atoms with Gasteiger partial charge < -0.3 is 29.0 Å². The van der Waals surface area contributed by atoms with E-state index in [-0.39, 0.29) is 23.0 Å². The molecule has 1 N–H and O–H groups in total. The first kappa shape index (κ1) is 22.9. The molecule has 10 heteroatoms. The van der Waals surface area contributed by atoms with E-state index in [0.29, 0.717) is 35.6 Å². The minimum atomic E-state index is -0.456. The molecule has 0 atom stereocenters. The van der Waals surface area contributed by atoms with Crippen molar-refractivity contribution in [2.45, 2.75) is 6.42 Å². The molecule has 2 amide bonds. The van der Waals surface area contributed by atoms with Crippen molar-refractivity contribution in [1.29, 1.82) is 0 Å². The molecule has 182 valence electrons. The normalized spacial score (nSPS) is 15.8. The molecule has 3 aromatic rings. The second-order valence-electron chi connectivity index (χ2n) is 8.85. The third kappa shape index (κ3) is 4.57. The Balaban J connectivity index is 1.12. The first-order valence-electron chi connectivity index (χ1n) is 11.3. The Morgan fingerprint density at radius 2 is 1.80 bits per heavy atom. The first-order chi connectivity index (χ1) is 17.0. The summed E-state index contributed by atoms with van der Waals surface area (Å²) in [5.41, 5.74) is 2.51. The maximum atomic E-state index is 12.6. The van der Waals surface area contributed by atoms with Crippen LogP contribution in [0.25, 0.3) is 11.4 Å². The molecule has 0 radical (unpaired) electrons. The van der Waals surface area contributed by atoms with Crippen molar-refractivity contribution in [2.24, 2.45) is 5.41 Å². The number of hydrogen-bond acceptors (Lipinski definition) is 8. The maximum absolute atomic E-state index is 12.6. The fraction of sp³-hybridized carbons (Fsp3) is 0.360. The van der Waals surface area contributed by atoms with E-state index < -0.39 is 5.91 Å². The largest absolute Gasteiger partial charge is 0.493 e. The zero-order chi connectivity index (χ0) is 24.4. The van der Waals surface area contributed by atoms with Crippen LogP contribution in [0.2, 0.25) is 0 Å². The van der Waals surface area contributed by atoms with Gasteiger partial charge in [-0.05, 0) is 42.3 Å². The summed E-state index contributed by atoms with van der Waals surface area (Å²) in [7, 11) is 3.09. The lowest BCUT2D eigenvalue weighted by atomic mass is 9.78. The van der Waals surface area contributed by atoms with Crippen LogP contribution >= 0.6 is 0 Å². The summed E-state index contributed by atoms with van der Waals surface area (Å²) in [6.07, 6.45) is 0.598. The second kappa shape index (κ2) is 9.38. The summed E-state index contributed by atoms with van der Waals surface area (Å²) in [5.74, 6) is 0.837. The molecule has 1 aromatic heterocycles. The molecule has 10 nitrogen and oxygen atoms in total. The third-order valence-corrected chi connectivity index (χ3v) is 6.32. The quantitative estimate of drug-likeness (QED) is 0.524. The fourth-order valence-electron chi connectivity index (χ4n) is 4.28. The van der Waals surface area contributed by atoms with Crippen molar-refractivity contribution in [3.05, 3.63) is 59.5 Å². The Labute approximate surface area is 202 Å². The van der Waals surface area contributed by atoms with Crippen LogP contribution in [0.1, 0.15) is 26.6 Å². The summed E-state index contributed by atoms with van der Waals surface area (Å²) in [6, 6.07) is 12.7. The van der Waals surface area contributed by atoms with E-state index in [1.165, 1.54) is 7.11 Å². The monoisotopic (exact) mass is 478 g/mol. The van der Waals surface area contributed by atoms with Gasteiger partial charge in [0.25, 0.3) is 5.91 Å². The summed E-state index contributed by atoms with van der Waals surface area (Å²) in [4.78, 5) is 31.1. The van der Waals surface area contributed by atoms with Crippen LogP contribution in [0, 0.1) is 5.41 Å². The number of benzene rings is 2. The van der Waals surface area contributed by atoms with Gasteiger partial charge >= 0.3 is 11.8 Å². The van der Waals surface area contributed by atoms with E-state index in [1.54, 1.807) is 25.3 Å². The summed E-state index contributed by atoms with van der Waals surface area (Å²) in [5, 5.41) is 6.67. The Morgan fingerprint density at radius 1 is 1.06 bits per heavy atom. The van der Waals surface area contributed by atoms with Crippen molar-refractivity contribution < 1.29 is 28.3 Å². The van der Waals surface area contributed by atoms with Crippen molar-refractivity contribution >= 4 is 11.8 Å². The van der Waals surface area contributed by atoms with Gasteiger partial charge in [-0.1, -0.05) is 17.3 Å². The topological polar surface area (TPSA) is 116 Å². The summed E-state index contributed by atoms with van der Waals surface area (Å²) >= 11 is 0. The molecule has 0 saturated carbocycles. The number of aromatic nitrogens is 2. The highest BCUT2D eigenvalue weighted by molar-refractivity contribution is 5.95. The molecule has 5 rings (SSSR count). The van der Waals surface area contributed by atoms with Crippen molar-refractivity contribution in [3.8, 4) is 22.9 Å². The number of methoxy groups -OCH3 is 2. The number of nitrogens with one attached hydrogen (secondary N) is 1.